The SMILES string of the molecule is CC(Cl)c1nc2cncc(Cl)c2n1C1CCCC1. The molecule has 0 spiro atoms. The topological polar surface area (TPSA) is 30.7 Å². The van der Waals surface area contributed by atoms with Gasteiger partial charge in [0, 0.05) is 12.2 Å². The van der Waals surface area contributed by atoms with Gasteiger partial charge in [0.05, 0.1) is 22.1 Å². The molecule has 0 saturated heterocycles. The van der Waals surface area contributed by atoms with Crippen molar-refractivity contribution < 1.29 is 0 Å². The van der Waals surface area contributed by atoms with E-state index in [1.165, 1.54) is 25.7 Å². The number of aromatic nitrogens is 3. The van der Waals surface area contributed by atoms with Crippen LogP contribution >= 0.6 is 23.2 Å². The molecule has 3 nitrogen and oxygen atoms in total. The molecule has 2 aromatic rings. The van der Waals surface area contributed by atoms with Crippen LogP contribution in [0.3, 0.4) is 0 Å². The largest absolute Gasteiger partial charge is 0.322 e. The molecule has 96 valence electrons. The number of imidazole rings is 1. The lowest BCUT2D eigenvalue weighted by Crippen LogP contribution is -2.09. The van der Waals surface area contributed by atoms with Crippen LogP contribution in [0.1, 0.15) is 49.9 Å². The lowest BCUT2D eigenvalue weighted by atomic mass is 10.2. The van der Waals surface area contributed by atoms with E-state index in [1.807, 2.05) is 6.92 Å². The van der Waals surface area contributed by atoms with E-state index >= 15 is 0 Å². The summed E-state index contributed by atoms with van der Waals surface area (Å²) in [5.41, 5.74) is 1.83. The van der Waals surface area contributed by atoms with Gasteiger partial charge in [-0.25, -0.2) is 4.98 Å². The molecule has 18 heavy (non-hydrogen) atoms. The molecule has 1 fully saturated rings. The highest BCUT2D eigenvalue weighted by atomic mass is 35.5. The van der Waals surface area contributed by atoms with Gasteiger partial charge < -0.3 is 4.57 Å². The van der Waals surface area contributed by atoms with Gasteiger partial charge in [-0.1, -0.05) is 24.4 Å². The summed E-state index contributed by atoms with van der Waals surface area (Å²) in [5.74, 6) is 0.911. The molecule has 0 N–H and O–H groups in total. The molecule has 1 saturated carbocycles. The third-order valence-corrected chi connectivity index (χ3v) is 4.09. The first-order valence-electron chi connectivity index (χ1n) is 6.34. The molecule has 2 heterocycles. The first-order valence-corrected chi connectivity index (χ1v) is 7.15. The summed E-state index contributed by atoms with van der Waals surface area (Å²) >= 11 is 12.6. The number of fused-ring (bicyclic) bond motifs is 1. The van der Waals surface area contributed by atoms with Gasteiger partial charge in [0.2, 0.25) is 0 Å². The van der Waals surface area contributed by atoms with Gasteiger partial charge in [0.15, 0.2) is 0 Å². The van der Waals surface area contributed by atoms with Crippen LogP contribution in [0.25, 0.3) is 11.0 Å². The van der Waals surface area contributed by atoms with Crippen LogP contribution in [0.2, 0.25) is 5.02 Å². The molecule has 5 heteroatoms. The van der Waals surface area contributed by atoms with E-state index in [9.17, 15) is 0 Å². The molecule has 1 atom stereocenters. The van der Waals surface area contributed by atoms with Gasteiger partial charge in [0.1, 0.15) is 11.3 Å². The Morgan fingerprint density at radius 3 is 2.72 bits per heavy atom. The van der Waals surface area contributed by atoms with E-state index in [-0.39, 0.29) is 5.38 Å². The molecule has 3 rings (SSSR count). The van der Waals surface area contributed by atoms with Gasteiger partial charge in [-0.3, -0.25) is 4.98 Å². The number of alkyl halides is 1. The Morgan fingerprint density at radius 1 is 1.33 bits per heavy atom. The molecule has 1 aliphatic carbocycles. The minimum atomic E-state index is -0.117. The molecule has 1 unspecified atom stereocenters. The second kappa shape index (κ2) is 4.71. The zero-order valence-corrected chi connectivity index (χ0v) is 11.7. The van der Waals surface area contributed by atoms with Crippen LogP contribution in [0.15, 0.2) is 12.4 Å². The number of halogens is 2. The fraction of sp³-hybridized carbons (Fsp3) is 0.538. The van der Waals surface area contributed by atoms with Gasteiger partial charge in [-0.05, 0) is 19.8 Å². The van der Waals surface area contributed by atoms with Crippen molar-refractivity contribution in [2.75, 3.05) is 0 Å². The smallest absolute Gasteiger partial charge is 0.128 e. The van der Waals surface area contributed by atoms with E-state index in [2.05, 4.69) is 14.5 Å². The van der Waals surface area contributed by atoms with Crippen LogP contribution in [0, 0.1) is 0 Å². The predicted molar refractivity (Wildman–Crippen MR) is 74.3 cm³/mol. The molecule has 0 amide bonds. The standard InChI is InChI=1S/C13H15Cl2N3/c1-8(14)13-17-11-7-16-6-10(15)12(11)18(13)9-4-2-3-5-9/h6-9H,2-5H2,1H3. The van der Waals surface area contributed by atoms with Gasteiger partial charge in [0.25, 0.3) is 0 Å². The average Bonchev–Trinajstić information content (AvgIpc) is 2.95. The maximum Gasteiger partial charge on any atom is 0.128 e. The summed E-state index contributed by atoms with van der Waals surface area (Å²) in [5, 5.41) is 0.546. The van der Waals surface area contributed by atoms with E-state index in [0.29, 0.717) is 11.1 Å². The van der Waals surface area contributed by atoms with Crippen molar-refractivity contribution in [3.63, 3.8) is 0 Å². The lowest BCUT2D eigenvalue weighted by Gasteiger charge is -2.17. The zero-order valence-electron chi connectivity index (χ0n) is 10.2. The van der Waals surface area contributed by atoms with Crippen molar-refractivity contribution in [3.05, 3.63) is 23.2 Å². The molecule has 0 radical (unpaired) electrons. The Balaban J connectivity index is 2.26. The van der Waals surface area contributed by atoms with E-state index in [1.54, 1.807) is 12.4 Å². The maximum absolute atomic E-state index is 6.29. The summed E-state index contributed by atoms with van der Waals surface area (Å²) in [6.45, 7) is 1.95. The highest BCUT2D eigenvalue weighted by Crippen LogP contribution is 2.38. The number of pyridine rings is 1. The van der Waals surface area contributed by atoms with Crippen molar-refractivity contribution in [2.24, 2.45) is 0 Å². The lowest BCUT2D eigenvalue weighted by molar-refractivity contribution is 0.510. The minimum Gasteiger partial charge on any atom is -0.322 e. The highest BCUT2D eigenvalue weighted by molar-refractivity contribution is 6.34. The van der Waals surface area contributed by atoms with E-state index < -0.39 is 0 Å². The monoisotopic (exact) mass is 283 g/mol. The van der Waals surface area contributed by atoms with Crippen LogP contribution in [-0.4, -0.2) is 14.5 Å². The average molecular weight is 284 g/mol. The molecule has 1 aliphatic rings. The van der Waals surface area contributed by atoms with Crippen LogP contribution in [0.5, 0.6) is 0 Å². The van der Waals surface area contributed by atoms with Gasteiger partial charge >= 0.3 is 0 Å². The molecule has 0 aliphatic heterocycles. The molecule has 2 aromatic heterocycles. The minimum absolute atomic E-state index is 0.117. The van der Waals surface area contributed by atoms with Crippen molar-refractivity contribution in [1.82, 2.24) is 14.5 Å². The molecular weight excluding hydrogens is 269 g/mol. The fourth-order valence-corrected chi connectivity index (χ4v) is 3.24. The Labute approximate surface area is 116 Å². The van der Waals surface area contributed by atoms with E-state index in [4.69, 9.17) is 23.2 Å². The Hall–Kier alpha value is -0.800. The number of nitrogens with zero attached hydrogens (tertiary/aromatic N) is 3. The normalized spacial score (nSPS) is 18.6. The van der Waals surface area contributed by atoms with Crippen molar-refractivity contribution in [1.29, 1.82) is 0 Å². The second-order valence-corrected chi connectivity index (χ2v) is 5.95. The van der Waals surface area contributed by atoms with E-state index in [0.717, 1.165) is 16.9 Å². The Kier molecular flexibility index (Phi) is 3.20. The van der Waals surface area contributed by atoms with Crippen LogP contribution in [-0.2, 0) is 0 Å². The third-order valence-electron chi connectivity index (χ3n) is 3.62. The Morgan fingerprint density at radius 2 is 2.06 bits per heavy atom. The highest BCUT2D eigenvalue weighted by Gasteiger charge is 2.25. The van der Waals surface area contributed by atoms with Gasteiger partial charge in [-0.15, -0.1) is 11.6 Å². The Bertz CT molecular complexity index is 571. The zero-order chi connectivity index (χ0) is 12.7. The van der Waals surface area contributed by atoms with Crippen LogP contribution < -0.4 is 0 Å². The third kappa shape index (κ3) is 1.90. The second-order valence-electron chi connectivity index (χ2n) is 4.88. The molecule has 0 aromatic carbocycles. The summed E-state index contributed by atoms with van der Waals surface area (Å²) in [6.07, 6.45) is 8.34. The van der Waals surface area contributed by atoms with Crippen LogP contribution in [0.4, 0.5) is 0 Å². The predicted octanol–water partition coefficient (Wildman–Crippen LogP) is 4.50. The number of rotatable bonds is 2. The molecular formula is C13H15Cl2N3. The number of hydrogen-bond donors (Lipinski definition) is 0. The van der Waals surface area contributed by atoms with Crippen molar-refractivity contribution in [2.45, 2.75) is 44.0 Å². The molecule has 0 bridgehead atoms. The summed E-state index contributed by atoms with van der Waals surface area (Å²) < 4.78 is 2.24. The fourth-order valence-electron chi connectivity index (χ4n) is 2.84. The summed E-state index contributed by atoms with van der Waals surface area (Å²) in [7, 11) is 0. The first-order chi connectivity index (χ1) is 8.68. The number of hydrogen-bond acceptors (Lipinski definition) is 2. The maximum atomic E-state index is 6.29. The summed E-state index contributed by atoms with van der Waals surface area (Å²) in [6, 6.07) is 0.478. The van der Waals surface area contributed by atoms with Gasteiger partial charge in [-0.2, -0.15) is 0 Å². The first kappa shape index (κ1) is 12.2. The summed E-state index contributed by atoms with van der Waals surface area (Å²) in [4.78, 5) is 8.70. The quantitative estimate of drug-likeness (QED) is 0.760. The van der Waals surface area contributed by atoms with Crippen molar-refractivity contribution >= 4 is 34.2 Å². The van der Waals surface area contributed by atoms with Crippen molar-refractivity contribution in [3.8, 4) is 0 Å².